The summed E-state index contributed by atoms with van der Waals surface area (Å²) < 4.78 is 28.4. The number of hydrogen-bond donors (Lipinski definition) is 0. The summed E-state index contributed by atoms with van der Waals surface area (Å²) in [6.45, 7) is 2.10. The van der Waals surface area contributed by atoms with E-state index in [9.17, 15) is 8.78 Å². The fraction of sp³-hybridized carbons (Fsp3) is 0.448. The van der Waals surface area contributed by atoms with Crippen molar-refractivity contribution < 1.29 is 8.78 Å². The zero-order chi connectivity index (χ0) is 22.5. The molecule has 0 saturated heterocycles. The maximum absolute atomic E-state index is 14.8. The van der Waals surface area contributed by atoms with Crippen molar-refractivity contribution in [3.63, 3.8) is 0 Å². The molecule has 32 heavy (non-hydrogen) atoms. The van der Waals surface area contributed by atoms with Crippen LogP contribution in [0.3, 0.4) is 0 Å². The molecule has 0 N–H and O–H groups in total. The minimum atomic E-state index is -0.517. The molecule has 0 aliphatic heterocycles. The molecule has 0 aromatic heterocycles. The van der Waals surface area contributed by atoms with Gasteiger partial charge in [0.2, 0.25) is 0 Å². The third-order valence-corrected chi connectivity index (χ3v) is 7.73. The molecule has 2 saturated carbocycles. The Morgan fingerprint density at radius 3 is 2.53 bits per heavy atom. The Hall–Kier alpha value is -2.11. The van der Waals surface area contributed by atoms with E-state index in [2.05, 4.69) is 30.9 Å². The zero-order valence-electron chi connectivity index (χ0n) is 18.7. The highest BCUT2D eigenvalue weighted by molar-refractivity contribution is 6.30. The molecular formula is C29H31ClF2. The van der Waals surface area contributed by atoms with Gasteiger partial charge in [0.25, 0.3) is 0 Å². The first kappa shape index (κ1) is 23.1. The van der Waals surface area contributed by atoms with Gasteiger partial charge >= 0.3 is 0 Å². The van der Waals surface area contributed by atoms with Crippen LogP contribution >= 0.6 is 11.6 Å². The number of fused-ring (bicyclic) bond motifs is 1. The predicted molar refractivity (Wildman–Crippen MR) is 129 cm³/mol. The van der Waals surface area contributed by atoms with E-state index in [-0.39, 0.29) is 10.8 Å². The third-order valence-electron chi connectivity index (χ3n) is 7.42. The van der Waals surface area contributed by atoms with Crippen LogP contribution in [0.25, 0.3) is 0 Å². The smallest absolute Gasteiger partial charge is 0.143 e. The zero-order valence-corrected chi connectivity index (χ0v) is 19.5. The average Bonchev–Trinajstić information content (AvgIpc) is 2.80. The standard InChI is InChI=1S/C29H31ClF2/c1-2-3-4-5-20-7-10-24-18-25(14-13-23(24)16-20)26-12-11-22(28(31)19-26)9-6-21-8-15-27(30)29(32)17-21/h2-3,8,11-12,15,17,19-20,23-25H,4-5,7,10,13-14,16,18H2,1H3/b3-2+. The number of rotatable bonds is 4. The van der Waals surface area contributed by atoms with E-state index >= 15 is 0 Å². The number of halogens is 3. The molecule has 0 spiro atoms. The third kappa shape index (κ3) is 5.62. The van der Waals surface area contributed by atoms with E-state index in [0.29, 0.717) is 17.0 Å². The largest absolute Gasteiger partial charge is 0.206 e. The number of allylic oxidation sites excluding steroid dienone is 2. The lowest BCUT2D eigenvalue weighted by molar-refractivity contribution is 0.115. The topological polar surface area (TPSA) is 0 Å². The van der Waals surface area contributed by atoms with E-state index in [4.69, 9.17) is 11.6 Å². The maximum atomic E-state index is 14.8. The van der Waals surface area contributed by atoms with Crippen LogP contribution in [0, 0.1) is 41.2 Å². The normalized spacial score (nSPS) is 25.2. The summed E-state index contributed by atoms with van der Waals surface area (Å²) >= 11 is 5.70. The second-order valence-electron chi connectivity index (χ2n) is 9.47. The molecule has 2 fully saturated rings. The molecule has 4 unspecified atom stereocenters. The second kappa shape index (κ2) is 10.7. The Bertz CT molecular complexity index is 1030. The Morgan fingerprint density at radius 2 is 1.75 bits per heavy atom. The first-order valence-corrected chi connectivity index (χ1v) is 12.3. The van der Waals surface area contributed by atoms with Crippen molar-refractivity contribution in [2.45, 2.75) is 64.2 Å². The van der Waals surface area contributed by atoms with Crippen molar-refractivity contribution in [2.24, 2.45) is 17.8 Å². The minimum absolute atomic E-state index is 0.0583. The van der Waals surface area contributed by atoms with Crippen LogP contribution in [-0.4, -0.2) is 0 Å². The van der Waals surface area contributed by atoms with Gasteiger partial charge in [-0.2, -0.15) is 0 Å². The highest BCUT2D eigenvalue weighted by Crippen LogP contribution is 2.48. The molecule has 3 heteroatoms. The monoisotopic (exact) mass is 452 g/mol. The maximum Gasteiger partial charge on any atom is 0.143 e. The van der Waals surface area contributed by atoms with Gasteiger partial charge in [-0.25, -0.2) is 8.78 Å². The van der Waals surface area contributed by atoms with Crippen molar-refractivity contribution in [3.05, 3.63) is 81.9 Å². The van der Waals surface area contributed by atoms with Gasteiger partial charge in [0.05, 0.1) is 10.6 Å². The molecule has 0 heterocycles. The minimum Gasteiger partial charge on any atom is -0.206 e. The molecule has 4 atom stereocenters. The molecule has 0 bridgehead atoms. The Morgan fingerprint density at radius 1 is 0.938 bits per heavy atom. The van der Waals surface area contributed by atoms with Gasteiger partial charge in [0.15, 0.2) is 0 Å². The van der Waals surface area contributed by atoms with Crippen molar-refractivity contribution in [1.29, 1.82) is 0 Å². The molecule has 2 aromatic carbocycles. The molecule has 2 aliphatic rings. The molecular weight excluding hydrogens is 422 g/mol. The molecule has 2 aliphatic carbocycles. The summed E-state index contributed by atoms with van der Waals surface area (Å²) in [7, 11) is 0. The van der Waals surface area contributed by atoms with Crippen LogP contribution in [0.15, 0.2) is 48.6 Å². The lowest BCUT2D eigenvalue weighted by atomic mass is 9.63. The van der Waals surface area contributed by atoms with Crippen LogP contribution in [0.1, 0.15) is 80.9 Å². The first-order chi connectivity index (χ1) is 15.5. The molecule has 0 amide bonds. The van der Waals surface area contributed by atoms with Crippen LogP contribution in [-0.2, 0) is 0 Å². The highest BCUT2D eigenvalue weighted by Gasteiger charge is 2.35. The fourth-order valence-electron chi connectivity index (χ4n) is 5.65. The van der Waals surface area contributed by atoms with Crippen molar-refractivity contribution >= 4 is 11.6 Å². The molecule has 2 aromatic rings. The molecule has 168 valence electrons. The van der Waals surface area contributed by atoms with Crippen LogP contribution in [0.5, 0.6) is 0 Å². The van der Waals surface area contributed by atoms with Crippen LogP contribution in [0.4, 0.5) is 8.78 Å². The van der Waals surface area contributed by atoms with E-state index in [1.54, 1.807) is 18.2 Å². The fourth-order valence-corrected chi connectivity index (χ4v) is 5.77. The van der Waals surface area contributed by atoms with Gasteiger partial charge in [-0.05, 0) is 111 Å². The van der Waals surface area contributed by atoms with Crippen molar-refractivity contribution in [3.8, 4) is 11.8 Å². The Balaban J connectivity index is 1.38. The summed E-state index contributed by atoms with van der Waals surface area (Å²) in [5.74, 6) is 7.83. The van der Waals surface area contributed by atoms with Gasteiger partial charge in [0.1, 0.15) is 11.6 Å². The number of benzene rings is 2. The van der Waals surface area contributed by atoms with E-state index in [1.165, 1.54) is 57.1 Å². The van der Waals surface area contributed by atoms with Crippen molar-refractivity contribution in [1.82, 2.24) is 0 Å². The van der Waals surface area contributed by atoms with Crippen LogP contribution < -0.4 is 0 Å². The molecule has 0 radical (unpaired) electrons. The average molecular weight is 453 g/mol. The van der Waals surface area contributed by atoms with Gasteiger partial charge in [-0.1, -0.05) is 48.1 Å². The lowest BCUT2D eigenvalue weighted by Gasteiger charge is -2.42. The Labute approximate surface area is 196 Å². The predicted octanol–water partition coefficient (Wildman–Crippen LogP) is 8.67. The van der Waals surface area contributed by atoms with Crippen molar-refractivity contribution in [2.75, 3.05) is 0 Å². The SMILES string of the molecule is C/C=C/CCC1CCC2CC(c3ccc(C#Cc4ccc(Cl)c(F)c4)c(F)c3)CCC2C1. The Kier molecular flexibility index (Phi) is 7.69. The summed E-state index contributed by atoms with van der Waals surface area (Å²) in [6.07, 6.45) is 14.6. The quantitative estimate of drug-likeness (QED) is 0.321. The van der Waals surface area contributed by atoms with Gasteiger partial charge in [-0.15, -0.1) is 0 Å². The summed E-state index contributed by atoms with van der Waals surface area (Å²) in [5, 5.41) is 0.0583. The number of hydrogen-bond acceptors (Lipinski definition) is 0. The highest BCUT2D eigenvalue weighted by atomic mass is 35.5. The van der Waals surface area contributed by atoms with Gasteiger partial charge in [-0.3, -0.25) is 0 Å². The summed E-state index contributed by atoms with van der Waals surface area (Å²) in [6, 6.07) is 9.84. The second-order valence-corrected chi connectivity index (χ2v) is 9.88. The van der Waals surface area contributed by atoms with Gasteiger partial charge in [0, 0.05) is 5.56 Å². The molecule has 0 nitrogen and oxygen atoms in total. The first-order valence-electron chi connectivity index (χ1n) is 11.9. The molecule has 4 rings (SSSR count). The van der Waals surface area contributed by atoms with E-state index in [1.807, 2.05) is 6.07 Å². The summed E-state index contributed by atoms with van der Waals surface area (Å²) in [4.78, 5) is 0. The lowest BCUT2D eigenvalue weighted by Crippen LogP contribution is -2.30. The van der Waals surface area contributed by atoms with E-state index < -0.39 is 5.82 Å². The van der Waals surface area contributed by atoms with Crippen LogP contribution in [0.2, 0.25) is 5.02 Å². The van der Waals surface area contributed by atoms with E-state index in [0.717, 1.165) is 29.7 Å². The van der Waals surface area contributed by atoms with Gasteiger partial charge < -0.3 is 0 Å². The summed E-state index contributed by atoms with van der Waals surface area (Å²) in [5.41, 5.74) is 1.92.